The molecular formula is C18H14ClO3P. The van der Waals surface area contributed by atoms with Gasteiger partial charge in [0.2, 0.25) is 0 Å². The third-order valence-electron chi connectivity index (χ3n) is 3.38. The monoisotopic (exact) mass is 344 g/mol. The van der Waals surface area contributed by atoms with Gasteiger partial charge < -0.3 is 9.42 Å². The van der Waals surface area contributed by atoms with Crippen molar-refractivity contribution in [1.82, 2.24) is 0 Å². The molecule has 23 heavy (non-hydrogen) atoms. The maximum Gasteiger partial charge on any atom is 0.474 e. The molecule has 0 aliphatic carbocycles. The molecule has 0 aliphatic heterocycles. The summed E-state index contributed by atoms with van der Waals surface area (Å²) in [6.07, 6.45) is 0. The molecule has 5 heteroatoms. The Morgan fingerprint density at radius 3 is 1.91 bits per heavy atom. The third-order valence-corrected chi connectivity index (χ3v) is 4.01. The Morgan fingerprint density at radius 1 is 0.783 bits per heavy atom. The van der Waals surface area contributed by atoms with Crippen LogP contribution in [0, 0.1) is 0 Å². The van der Waals surface area contributed by atoms with Crippen molar-refractivity contribution in [3.8, 4) is 28.0 Å². The van der Waals surface area contributed by atoms with Gasteiger partial charge >= 0.3 is 6.95 Å². The first-order chi connectivity index (χ1) is 11.0. The van der Waals surface area contributed by atoms with Gasteiger partial charge in [0.05, 0.1) is 0 Å². The highest BCUT2D eigenvalue weighted by Crippen LogP contribution is 2.51. The van der Waals surface area contributed by atoms with Crippen molar-refractivity contribution in [1.29, 1.82) is 0 Å². The van der Waals surface area contributed by atoms with E-state index >= 15 is 0 Å². The lowest BCUT2D eigenvalue weighted by molar-refractivity contribution is 0.401. The van der Waals surface area contributed by atoms with Crippen LogP contribution in [0.2, 0.25) is 0 Å². The minimum atomic E-state index is -4.17. The smallest absolute Gasteiger partial charge is 0.413 e. The summed E-state index contributed by atoms with van der Waals surface area (Å²) in [4.78, 5) is 9.40. The highest BCUT2D eigenvalue weighted by atomic mass is 35.7. The molecule has 3 rings (SSSR count). The van der Waals surface area contributed by atoms with Crippen LogP contribution in [0.3, 0.4) is 0 Å². The summed E-state index contributed by atoms with van der Waals surface area (Å²) < 4.78 is 16.6. The maximum absolute atomic E-state index is 11.5. The molecule has 0 saturated heterocycles. The van der Waals surface area contributed by atoms with Gasteiger partial charge in [0.25, 0.3) is 0 Å². The molecule has 0 amide bonds. The fraction of sp³-hybridized carbons (Fsp3) is 0. The molecule has 116 valence electrons. The Bertz CT molecular complexity index is 845. The van der Waals surface area contributed by atoms with E-state index in [-0.39, 0.29) is 5.75 Å². The van der Waals surface area contributed by atoms with Gasteiger partial charge in [0.1, 0.15) is 5.75 Å². The topological polar surface area (TPSA) is 46.5 Å². The summed E-state index contributed by atoms with van der Waals surface area (Å²) >= 11 is 5.41. The van der Waals surface area contributed by atoms with Crippen LogP contribution in [0.15, 0.2) is 78.9 Å². The molecule has 3 nitrogen and oxygen atoms in total. The molecule has 0 aromatic heterocycles. The fourth-order valence-corrected chi connectivity index (χ4v) is 3.11. The minimum absolute atomic E-state index is 0.276. The molecule has 3 aromatic rings. The molecule has 0 fully saturated rings. The molecule has 3 aromatic carbocycles. The average molecular weight is 345 g/mol. The van der Waals surface area contributed by atoms with Crippen LogP contribution in [-0.2, 0) is 4.57 Å². The van der Waals surface area contributed by atoms with Gasteiger partial charge in [-0.05, 0) is 22.8 Å². The molecule has 0 heterocycles. The summed E-state index contributed by atoms with van der Waals surface area (Å²) in [7, 11) is 0. The summed E-state index contributed by atoms with van der Waals surface area (Å²) in [6, 6.07) is 24.7. The van der Waals surface area contributed by atoms with E-state index in [4.69, 9.17) is 15.8 Å². The predicted octanol–water partition coefficient (Wildman–Crippen LogP) is 5.74. The van der Waals surface area contributed by atoms with Crippen molar-refractivity contribution < 1.29 is 14.0 Å². The quantitative estimate of drug-likeness (QED) is 0.614. The fourth-order valence-electron chi connectivity index (χ4n) is 2.49. The van der Waals surface area contributed by atoms with Crippen molar-refractivity contribution in [2.24, 2.45) is 0 Å². The van der Waals surface area contributed by atoms with Crippen LogP contribution < -0.4 is 4.52 Å². The lowest BCUT2D eigenvalue weighted by Gasteiger charge is -2.16. The van der Waals surface area contributed by atoms with E-state index in [1.54, 1.807) is 12.1 Å². The van der Waals surface area contributed by atoms with Gasteiger partial charge in [-0.15, -0.1) is 0 Å². The van der Waals surface area contributed by atoms with Crippen molar-refractivity contribution in [2.75, 3.05) is 0 Å². The lowest BCUT2D eigenvalue weighted by Crippen LogP contribution is -1.92. The van der Waals surface area contributed by atoms with E-state index < -0.39 is 6.95 Å². The van der Waals surface area contributed by atoms with Crippen LogP contribution in [0.4, 0.5) is 0 Å². The SMILES string of the molecule is O=P(O)(Cl)Oc1cccc(-c2ccccc2)c1-c1ccccc1. The summed E-state index contributed by atoms with van der Waals surface area (Å²) in [6.45, 7) is -4.17. The molecule has 1 unspecified atom stereocenters. The Kier molecular flexibility index (Phi) is 4.53. The first-order valence-corrected chi connectivity index (χ1v) is 9.49. The molecule has 1 atom stereocenters. The van der Waals surface area contributed by atoms with Gasteiger partial charge in [0, 0.05) is 16.8 Å². The number of hydrogen-bond donors (Lipinski definition) is 1. The highest BCUT2D eigenvalue weighted by Gasteiger charge is 2.21. The third kappa shape index (κ3) is 3.83. The number of rotatable bonds is 4. The summed E-state index contributed by atoms with van der Waals surface area (Å²) in [5.74, 6) is 0.276. The van der Waals surface area contributed by atoms with Gasteiger partial charge in [-0.3, -0.25) is 0 Å². The molecular weight excluding hydrogens is 331 g/mol. The van der Waals surface area contributed by atoms with Gasteiger partial charge in [-0.25, -0.2) is 4.57 Å². The Morgan fingerprint density at radius 2 is 1.35 bits per heavy atom. The molecule has 0 bridgehead atoms. The molecule has 1 N–H and O–H groups in total. The summed E-state index contributed by atoms with van der Waals surface area (Å²) in [5, 5.41) is 0. The largest absolute Gasteiger partial charge is 0.474 e. The van der Waals surface area contributed by atoms with Crippen LogP contribution >= 0.6 is 18.2 Å². The minimum Gasteiger partial charge on any atom is -0.413 e. The first kappa shape index (κ1) is 15.8. The van der Waals surface area contributed by atoms with E-state index in [0.717, 1.165) is 22.3 Å². The summed E-state index contributed by atoms with van der Waals surface area (Å²) in [5.41, 5.74) is 3.50. The number of halogens is 1. The zero-order chi connectivity index (χ0) is 16.3. The standard InChI is InChI=1S/C18H14ClO3P/c19-23(20,21)22-17-13-7-12-16(14-8-3-1-4-9-14)18(17)15-10-5-2-6-11-15/h1-13H,(H,20,21). The zero-order valence-electron chi connectivity index (χ0n) is 12.1. The van der Waals surface area contributed by atoms with E-state index in [1.807, 2.05) is 66.7 Å². The van der Waals surface area contributed by atoms with E-state index in [9.17, 15) is 9.46 Å². The van der Waals surface area contributed by atoms with Crippen molar-refractivity contribution >= 4 is 18.2 Å². The second-order valence-electron chi connectivity index (χ2n) is 4.95. The molecule has 0 radical (unpaired) electrons. The average Bonchev–Trinajstić information content (AvgIpc) is 2.55. The Labute approximate surface area is 139 Å². The van der Waals surface area contributed by atoms with Crippen LogP contribution in [0.25, 0.3) is 22.3 Å². The maximum atomic E-state index is 11.5. The highest BCUT2D eigenvalue weighted by molar-refractivity contribution is 7.80. The van der Waals surface area contributed by atoms with E-state index in [2.05, 4.69) is 0 Å². The van der Waals surface area contributed by atoms with Crippen LogP contribution in [0.1, 0.15) is 0 Å². The normalized spacial score (nSPS) is 13.3. The van der Waals surface area contributed by atoms with Gasteiger partial charge in [0.15, 0.2) is 0 Å². The van der Waals surface area contributed by atoms with Crippen molar-refractivity contribution in [3.63, 3.8) is 0 Å². The molecule has 0 spiro atoms. The molecule has 0 saturated carbocycles. The van der Waals surface area contributed by atoms with E-state index in [1.165, 1.54) is 0 Å². The number of benzene rings is 3. The Balaban J connectivity index is 2.25. The van der Waals surface area contributed by atoms with Crippen LogP contribution in [-0.4, -0.2) is 4.89 Å². The molecule has 0 aliphatic rings. The Hall–Kier alpha value is -2.06. The predicted molar refractivity (Wildman–Crippen MR) is 93.6 cm³/mol. The van der Waals surface area contributed by atoms with Crippen molar-refractivity contribution in [2.45, 2.75) is 0 Å². The lowest BCUT2D eigenvalue weighted by atomic mass is 9.94. The van der Waals surface area contributed by atoms with Crippen LogP contribution in [0.5, 0.6) is 5.75 Å². The number of hydrogen-bond acceptors (Lipinski definition) is 2. The van der Waals surface area contributed by atoms with E-state index in [0.29, 0.717) is 0 Å². The van der Waals surface area contributed by atoms with Crippen molar-refractivity contribution in [3.05, 3.63) is 78.9 Å². The van der Waals surface area contributed by atoms with Gasteiger partial charge in [-0.1, -0.05) is 72.8 Å². The second kappa shape index (κ2) is 6.59. The second-order valence-corrected chi connectivity index (χ2v) is 7.32. The first-order valence-electron chi connectivity index (χ1n) is 7.00. The van der Waals surface area contributed by atoms with Gasteiger partial charge in [-0.2, -0.15) is 0 Å². The zero-order valence-corrected chi connectivity index (χ0v) is 13.7.